The number of carbonyl (C=O) groups is 1. The van der Waals surface area contributed by atoms with Gasteiger partial charge in [0.2, 0.25) is 0 Å². The number of hydrogen-bond acceptors (Lipinski definition) is 5. The van der Waals surface area contributed by atoms with E-state index in [2.05, 4.69) is 9.97 Å². The van der Waals surface area contributed by atoms with Crippen LogP contribution in [0.25, 0.3) is 22.3 Å². The van der Waals surface area contributed by atoms with Crippen LogP contribution in [0, 0.1) is 0 Å². The van der Waals surface area contributed by atoms with Crippen molar-refractivity contribution in [3.05, 3.63) is 54.1 Å². The zero-order chi connectivity index (χ0) is 20.6. The van der Waals surface area contributed by atoms with Gasteiger partial charge in [-0.3, -0.25) is 0 Å². The number of rotatable bonds is 3. The zero-order valence-corrected chi connectivity index (χ0v) is 15.6. The summed E-state index contributed by atoms with van der Waals surface area (Å²) in [5.74, 6) is -0.373. The number of fused-ring (bicyclic) bond motifs is 1. The van der Waals surface area contributed by atoms with Gasteiger partial charge in [-0.2, -0.15) is 13.2 Å². The first-order valence-electron chi connectivity index (χ1n) is 9.17. The second kappa shape index (κ2) is 7.35. The van der Waals surface area contributed by atoms with Crippen molar-refractivity contribution < 1.29 is 22.7 Å². The number of ether oxygens (including phenoxy) is 1. The van der Waals surface area contributed by atoms with E-state index in [1.807, 2.05) is 6.07 Å². The van der Waals surface area contributed by atoms with Gasteiger partial charge >= 0.3 is 12.1 Å². The molecule has 1 unspecified atom stereocenters. The molecule has 1 saturated heterocycles. The minimum atomic E-state index is -4.37. The molecule has 1 aliphatic heterocycles. The standard InChI is InChI=1S/C21H18F3N3O2/c1-29-20(28)14-9-10-15-16(12-14)26-19(18(25-15)13-6-3-2-4-7-13)27-11-5-8-17(27)21(22,23)24/h2-4,6-7,9-10,12,17H,5,8,11H2,1H3. The minimum absolute atomic E-state index is 0.0135. The van der Waals surface area contributed by atoms with Crippen LogP contribution in [0.1, 0.15) is 23.2 Å². The average Bonchev–Trinajstić information content (AvgIpc) is 3.23. The molecule has 5 nitrogen and oxygen atoms in total. The van der Waals surface area contributed by atoms with Gasteiger partial charge in [0.25, 0.3) is 0 Å². The third kappa shape index (κ3) is 3.62. The molecule has 0 saturated carbocycles. The largest absolute Gasteiger partial charge is 0.465 e. The Morgan fingerprint density at radius 1 is 1.10 bits per heavy atom. The van der Waals surface area contributed by atoms with Crippen molar-refractivity contribution in [3.8, 4) is 11.3 Å². The van der Waals surface area contributed by atoms with Crippen LogP contribution < -0.4 is 4.90 Å². The molecule has 150 valence electrons. The van der Waals surface area contributed by atoms with E-state index in [0.29, 0.717) is 28.7 Å². The quantitative estimate of drug-likeness (QED) is 0.600. The van der Waals surface area contributed by atoms with Gasteiger partial charge in [0.05, 0.1) is 23.7 Å². The maximum absolute atomic E-state index is 13.6. The lowest BCUT2D eigenvalue weighted by Gasteiger charge is -2.29. The number of methoxy groups -OCH3 is 1. The molecule has 1 atom stereocenters. The highest BCUT2D eigenvalue weighted by Crippen LogP contribution is 2.39. The Hall–Kier alpha value is -3.16. The highest BCUT2D eigenvalue weighted by Gasteiger charge is 2.47. The van der Waals surface area contributed by atoms with E-state index in [9.17, 15) is 18.0 Å². The smallest absolute Gasteiger partial charge is 0.408 e. The van der Waals surface area contributed by atoms with E-state index < -0.39 is 18.2 Å². The van der Waals surface area contributed by atoms with Crippen molar-refractivity contribution in [3.63, 3.8) is 0 Å². The molecule has 1 aliphatic rings. The molecule has 0 spiro atoms. The van der Waals surface area contributed by atoms with Crippen LogP contribution in [-0.2, 0) is 4.74 Å². The molecular formula is C21H18F3N3O2. The van der Waals surface area contributed by atoms with Crippen molar-refractivity contribution >= 4 is 22.8 Å². The lowest BCUT2D eigenvalue weighted by Crippen LogP contribution is -2.42. The Labute approximate surface area is 165 Å². The Morgan fingerprint density at radius 3 is 2.55 bits per heavy atom. The van der Waals surface area contributed by atoms with Crippen molar-refractivity contribution in [1.82, 2.24) is 9.97 Å². The summed E-state index contributed by atoms with van der Waals surface area (Å²) in [4.78, 5) is 22.3. The first-order chi connectivity index (χ1) is 13.9. The maximum atomic E-state index is 13.6. The van der Waals surface area contributed by atoms with Crippen molar-refractivity contribution in [2.45, 2.75) is 25.1 Å². The molecule has 4 rings (SSSR count). The number of alkyl halides is 3. The molecule has 29 heavy (non-hydrogen) atoms. The number of esters is 1. The first kappa shape index (κ1) is 19.2. The summed E-state index contributed by atoms with van der Waals surface area (Å²) in [6.45, 7) is 0.237. The Balaban J connectivity index is 1.92. The summed E-state index contributed by atoms with van der Waals surface area (Å²) >= 11 is 0. The van der Waals surface area contributed by atoms with Gasteiger partial charge in [-0.05, 0) is 31.0 Å². The van der Waals surface area contributed by atoms with E-state index >= 15 is 0 Å². The Kier molecular flexibility index (Phi) is 4.86. The van der Waals surface area contributed by atoms with E-state index in [-0.39, 0.29) is 24.3 Å². The van der Waals surface area contributed by atoms with Gasteiger partial charge in [0.1, 0.15) is 11.7 Å². The van der Waals surface area contributed by atoms with Crippen molar-refractivity contribution in [1.29, 1.82) is 0 Å². The van der Waals surface area contributed by atoms with Crippen LogP contribution in [0.2, 0.25) is 0 Å². The van der Waals surface area contributed by atoms with Crippen LogP contribution >= 0.6 is 0 Å². The van der Waals surface area contributed by atoms with Crippen LogP contribution in [0.4, 0.5) is 19.0 Å². The Morgan fingerprint density at radius 2 is 1.86 bits per heavy atom. The number of carbonyl (C=O) groups excluding carboxylic acids is 1. The van der Waals surface area contributed by atoms with Crippen molar-refractivity contribution in [2.75, 3.05) is 18.6 Å². The van der Waals surface area contributed by atoms with Gasteiger partial charge in [-0.15, -0.1) is 0 Å². The first-order valence-corrected chi connectivity index (χ1v) is 9.17. The summed E-state index contributed by atoms with van der Waals surface area (Å²) in [6, 6.07) is 12.1. The zero-order valence-electron chi connectivity index (χ0n) is 15.6. The van der Waals surface area contributed by atoms with E-state index in [1.165, 1.54) is 18.1 Å². The monoisotopic (exact) mass is 401 g/mol. The highest BCUT2D eigenvalue weighted by atomic mass is 19.4. The summed E-state index contributed by atoms with van der Waals surface area (Å²) in [7, 11) is 1.26. The van der Waals surface area contributed by atoms with Crippen LogP contribution in [0.3, 0.4) is 0 Å². The van der Waals surface area contributed by atoms with E-state index in [1.54, 1.807) is 36.4 Å². The predicted molar refractivity (Wildman–Crippen MR) is 103 cm³/mol. The SMILES string of the molecule is COC(=O)c1ccc2nc(-c3ccccc3)c(N3CCCC3C(F)(F)F)nc2c1. The topological polar surface area (TPSA) is 55.3 Å². The number of nitrogens with zero attached hydrogens (tertiary/aromatic N) is 3. The molecule has 0 amide bonds. The fraction of sp³-hybridized carbons (Fsp3) is 0.286. The van der Waals surface area contributed by atoms with Gasteiger partial charge in [0, 0.05) is 12.1 Å². The lowest BCUT2D eigenvalue weighted by molar-refractivity contribution is -0.146. The maximum Gasteiger partial charge on any atom is 0.408 e. The third-order valence-corrected chi connectivity index (χ3v) is 5.02. The number of benzene rings is 2. The molecule has 2 heterocycles. The fourth-order valence-corrected chi connectivity index (χ4v) is 3.64. The number of aromatic nitrogens is 2. The van der Waals surface area contributed by atoms with E-state index in [4.69, 9.17) is 4.74 Å². The highest BCUT2D eigenvalue weighted by molar-refractivity contribution is 5.94. The molecule has 0 N–H and O–H groups in total. The molecule has 8 heteroatoms. The summed E-state index contributed by atoms with van der Waals surface area (Å²) in [5, 5.41) is 0. The number of anilines is 1. The molecule has 1 fully saturated rings. The summed E-state index contributed by atoms with van der Waals surface area (Å²) in [5.41, 5.74) is 2.17. The van der Waals surface area contributed by atoms with Crippen LogP contribution in [0.5, 0.6) is 0 Å². The normalized spacial score (nSPS) is 17.0. The van der Waals surface area contributed by atoms with E-state index in [0.717, 1.165) is 0 Å². The molecule has 0 aliphatic carbocycles. The van der Waals surface area contributed by atoms with Crippen molar-refractivity contribution in [2.24, 2.45) is 0 Å². The van der Waals surface area contributed by atoms with Gasteiger partial charge in [-0.1, -0.05) is 30.3 Å². The molecule has 2 aromatic carbocycles. The van der Waals surface area contributed by atoms with Gasteiger partial charge < -0.3 is 9.64 Å². The second-order valence-electron chi connectivity index (χ2n) is 6.85. The summed E-state index contributed by atoms with van der Waals surface area (Å²) in [6.07, 6.45) is -3.94. The molecule has 3 aromatic rings. The van der Waals surface area contributed by atoms with Crippen LogP contribution in [0.15, 0.2) is 48.5 Å². The fourth-order valence-electron chi connectivity index (χ4n) is 3.64. The molecule has 0 bridgehead atoms. The average molecular weight is 401 g/mol. The van der Waals surface area contributed by atoms with Gasteiger partial charge in [0.15, 0.2) is 5.82 Å². The Bertz CT molecular complexity index is 1050. The predicted octanol–water partition coefficient (Wildman–Crippen LogP) is 4.61. The second-order valence-corrected chi connectivity index (χ2v) is 6.85. The molecular weight excluding hydrogens is 383 g/mol. The molecule has 1 aromatic heterocycles. The van der Waals surface area contributed by atoms with Crippen LogP contribution in [-0.4, -0.2) is 41.8 Å². The summed E-state index contributed by atoms with van der Waals surface area (Å²) < 4.78 is 45.6. The number of halogens is 3. The lowest BCUT2D eigenvalue weighted by atomic mass is 10.1. The third-order valence-electron chi connectivity index (χ3n) is 5.02. The minimum Gasteiger partial charge on any atom is -0.465 e. The van der Waals surface area contributed by atoms with Gasteiger partial charge in [-0.25, -0.2) is 14.8 Å². The number of hydrogen-bond donors (Lipinski definition) is 0. The molecule has 0 radical (unpaired) electrons.